The zero-order valence-corrected chi connectivity index (χ0v) is 14.0. The van der Waals surface area contributed by atoms with Crippen molar-refractivity contribution < 1.29 is 23.9 Å². The van der Waals surface area contributed by atoms with E-state index in [9.17, 15) is 19.2 Å². The number of ether oxygens (including phenoxy) is 1. The summed E-state index contributed by atoms with van der Waals surface area (Å²) in [5.74, 6) is -1.91. The van der Waals surface area contributed by atoms with Gasteiger partial charge in [0.1, 0.15) is 0 Å². The lowest BCUT2D eigenvalue weighted by Gasteiger charge is -2.12. The Kier molecular flexibility index (Phi) is 5.85. The maximum Gasteiger partial charge on any atom is 0.338 e. The molecule has 0 aliphatic rings. The zero-order valence-electron chi connectivity index (χ0n) is 13.1. The normalized spacial score (nSPS) is 11.2. The predicted octanol–water partition coefficient (Wildman–Crippen LogP) is 1.74. The van der Waals surface area contributed by atoms with Gasteiger partial charge in [-0.05, 0) is 36.6 Å². The fourth-order valence-electron chi connectivity index (χ4n) is 1.83. The second-order valence-corrected chi connectivity index (χ2v) is 5.86. The molecule has 0 unspecified atom stereocenters. The van der Waals surface area contributed by atoms with Crippen molar-refractivity contribution in [2.24, 2.45) is 5.73 Å². The van der Waals surface area contributed by atoms with Crippen LogP contribution in [0, 0.1) is 0 Å². The number of thiophene rings is 1. The molecule has 0 aliphatic carbocycles. The number of primary amides is 1. The van der Waals surface area contributed by atoms with Crippen LogP contribution < -0.4 is 16.4 Å². The number of rotatable bonds is 5. The van der Waals surface area contributed by atoms with E-state index in [1.54, 1.807) is 29.6 Å². The first-order valence-corrected chi connectivity index (χ1v) is 8.01. The summed E-state index contributed by atoms with van der Waals surface area (Å²) < 4.78 is 4.96. The summed E-state index contributed by atoms with van der Waals surface area (Å²) >= 11 is 1.29. The average molecular weight is 361 g/mol. The molecule has 2 aromatic rings. The molecule has 0 saturated carbocycles. The van der Waals surface area contributed by atoms with Crippen LogP contribution in [0.3, 0.4) is 0 Å². The molecule has 4 amide bonds. The summed E-state index contributed by atoms with van der Waals surface area (Å²) in [6, 6.07) is 8.48. The lowest BCUT2D eigenvalue weighted by Crippen LogP contribution is -2.42. The Morgan fingerprint density at radius 2 is 1.92 bits per heavy atom. The molecule has 130 valence electrons. The zero-order chi connectivity index (χ0) is 18.4. The van der Waals surface area contributed by atoms with Crippen LogP contribution in [0.5, 0.6) is 0 Å². The molecule has 4 N–H and O–H groups in total. The van der Waals surface area contributed by atoms with Crippen molar-refractivity contribution in [2.45, 2.75) is 13.0 Å². The van der Waals surface area contributed by atoms with Gasteiger partial charge in [-0.1, -0.05) is 12.1 Å². The van der Waals surface area contributed by atoms with Crippen LogP contribution in [0.15, 0.2) is 41.8 Å². The SMILES string of the molecule is C[C@H](OC(=O)c1cccc(NC(=O)c2cccs2)c1)C(=O)NC(N)=O. The second-order valence-electron chi connectivity index (χ2n) is 4.91. The highest BCUT2D eigenvalue weighted by molar-refractivity contribution is 7.12. The Labute approximate surface area is 147 Å². The number of esters is 1. The Bertz CT molecular complexity index is 804. The topological polar surface area (TPSA) is 128 Å². The molecule has 1 atom stereocenters. The molecule has 9 heteroatoms. The van der Waals surface area contributed by atoms with Gasteiger partial charge in [-0.25, -0.2) is 9.59 Å². The molecule has 1 heterocycles. The molecular formula is C16H15N3O5S. The van der Waals surface area contributed by atoms with Gasteiger partial charge < -0.3 is 15.8 Å². The van der Waals surface area contributed by atoms with Gasteiger partial charge in [-0.2, -0.15) is 0 Å². The minimum absolute atomic E-state index is 0.141. The number of benzene rings is 1. The second kappa shape index (κ2) is 8.06. The predicted molar refractivity (Wildman–Crippen MR) is 91.3 cm³/mol. The maximum absolute atomic E-state index is 12.1. The molecule has 0 saturated heterocycles. The third-order valence-electron chi connectivity index (χ3n) is 3.00. The van der Waals surface area contributed by atoms with Gasteiger partial charge in [0.15, 0.2) is 6.10 Å². The number of carbonyl (C=O) groups excluding carboxylic acids is 4. The van der Waals surface area contributed by atoms with E-state index in [0.29, 0.717) is 10.6 Å². The van der Waals surface area contributed by atoms with Crippen LogP contribution in [0.25, 0.3) is 0 Å². The Morgan fingerprint density at radius 1 is 1.16 bits per heavy atom. The maximum atomic E-state index is 12.1. The largest absolute Gasteiger partial charge is 0.449 e. The van der Waals surface area contributed by atoms with Gasteiger partial charge in [0.25, 0.3) is 11.8 Å². The Hall–Kier alpha value is -3.20. The minimum Gasteiger partial charge on any atom is -0.449 e. The van der Waals surface area contributed by atoms with E-state index in [1.165, 1.54) is 30.4 Å². The highest BCUT2D eigenvalue weighted by Crippen LogP contribution is 2.16. The van der Waals surface area contributed by atoms with Crippen molar-refractivity contribution in [1.29, 1.82) is 0 Å². The number of amides is 4. The van der Waals surface area contributed by atoms with E-state index in [0.717, 1.165) is 0 Å². The molecule has 0 bridgehead atoms. The van der Waals surface area contributed by atoms with Crippen LogP contribution in [0.2, 0.25) is 0 Å². The van der Waals surface area contributed by atoms with Gasteiger partial charge in [0, 0.05) is 5.69 Å². The third-order valence-corrected chi connectivity index (χ3v) is 3.87. The number of urea groups is 1. The number of imide groups is 1. The van der Waals surface area contributed by atoms with Crippen LogP contribution in [0.4, 0.5) is 10.5 Å². The van der Waals surface area contributed by atoms with E-state index >= 15 is 0 Å². The standard InChI is InChI=1S/C16H15N3O5S/c1-9(13(20)19-16(17)23)24-15(22)10-4-2-5-11(8-10)18-14(21)12-6-3-7-25-12/h2-9H,1H3,(H,18,21)(H3,17,19,20,23)/t9-/m0/s1. The van der Waals surface area contributed by atoms with Crippen molar-refractivity contribution in [1.82, 2.24) is 5.32 Å². The van der Waals surface area contributed by atoms with Gasteiger partial charge in [-0.3, -0.25) is 14.9 Å². The van der Waals surface area contributed by atoms with E-state index in [1.807, 2.05) is 5.32 Å². The fraction of sp³-hybridized carbons (Fsp3) is 0.125. The quantitative estimate of drug-likeness (QED) is 0.699. The summed E-state index contributed by atoms with van der Waals surface area (Å²) in [7, 11) is 0. The number of nitrogens with one attached hydrogen (secondary N) is 2. The highest BCUT2D eigenvalue weighted by Gasteiger charge is 2.20. The summed E-state index contributed by atoms with van der Waals surface area (Å²) in [5, 5.41) is 6.26. The summed E-state index contributed by atoms with van der Waals surface area (Å²) in [5.41, 5.74) is 5.37. The molecule has 8 nitrogen and oxygen atoms in total. The van der Waals surface area contributed by atoms with Crippen LogP contribution in [-0.2, 0) is 9.53 Å². The molecular weight excluding hydrogens is 346 g/mol. The molecule has 0 fully saturated rings. The molecule has 0 radical (unpaired) electrons. The molecule has 25 heavy (non-hydrogen) atoms. The van der Waals surface area contributed by atoms with E-state index in [4.69, 9.17) is 10.5 Å². The lowest BCUT2D eigenvalue weighted by molar-refractivity contribution is -0.127. The number of nitrogens with two attached hydrogens (primary N) is 1. The van der Waals surface area contributed by atoms with E-state index < -0.39 is 24.0 Å². The highest BCUT2D eigenvalue weighted by atomic mass is 32.1. The number of anilines is 1. The molecule has 1 aromatic heterocycles. The van der Waals surface area contributed by atoms with Crippen molar-refractivity contribution in [3.63, 3.8) is 0 Å². The smallest absolute Gasteiger partial charge is 0.338 e. The number of carbonyl (C=O) groups is 4. The van der Waals surface area contributed by atoms with Gasteiger partial charge in [-0.15, -0.1) is 11.3 Å². The Morgan fingerprint density at radius 3 is 2.56 bits per heavy atom. The minimum atomic E-state index is -1.20. The van der Waals surface area contributed by atoms with E-state index in [-0.39, 0.29) is 11.5 Å². The van der Waals surface area contributed by atoms with Crippen LogP contribution in [0.1, 0.15) is 27.0 Å². The number of hydrogen-bond donors (Lipinski definition) is 3. The van der Waals surface area contributed by atoms with Crippen molar-refractivity contribution in [3.8, 4) is 0 Å². The molecule has 2 rings (SSSR count). The molecule has 0 spiro atoms. The summed E-state index contributed by atoms with van der Waals surface area (Å²) in [6.07, 6.45) is -1.20. The monoisotopic (exact) mass is 361 g/mol. The fourth-order valence-corrected chi connectivity index (χ4v) is 2.45. The summed E-state index contributed by atoms with van der Waals surface area (Å²) in [4.78, 5) is 46.8. The van der Waals surface area contributed by atoms with Crippen LogP contribution >= 0.6 is 11.3 Å². The Balaban J connectivity index is 2.02. The summed E-state index contributed by atoms with van der Waals surface area (Å²) in [6.45, 7) is 1.30. The number of hydrogen-bond acceptors (Lipinski definition) is 6. The average Bonchev–Trinajstić information content (AvgIpc) is 3.09. The van der Waals surface area contributed by atoms with Crippen molar-refractivity contribution in [3.05, 3.63) is 52.2 Å². The third kappa shape index (κ3) is 5.15. The van der Waals surface area contributed by atoms with E-state index in [2.05, 4.69) is 5.32 Å². The lowest BCUT2D eigenvalue weighted by atomic mass is 10.2. The molecule has 1 aromatic carbocycles. The first-order valence-electron chi connectivity index (χ1n) is 7.13. The van der Waals surface area contributed by atoms with Gasteiger partial charge in [0.2, 0.25) is 0 Å². The van der Waals surface area contributed by atoms with Crippen molar-refractivity contribution in [2.75, 3.05) is 5.32 Å². The van der Waals surface area contributed by atoms with Crippen LogP contribution in [-0.4, -0.2) is 29.9 Å². The first-order chi connectivity index (χ1) is 11.9. The first kappa shape index (κ1) is 18.1. The van der Waals surface area contributed by atoms with Gasteiger partial charge >= 0.3 is 12.0 Å². The molecule has 0 aliphatic heterocycles. The van der Waals surface area contributed by atoms with Gasteiger partial charge in [0.05, 0.1) is 10.4 Å². The van der Waals surface area contributed by atoms with Crippen molar-refractivity contribution >= 4 is 40.8 Å².